The van der Waals surface area contributed by atoms with Crippen LogP contribution in [0.3, 0.4) is 0 Å². The first-order valence-corrected chi connectivity index (χ1v) is 10.3. The van der Waals surface area contributed by atoms with Crippen LogP contribution in [0.4, 0.5) is 14.5 Å². The van der Waals surface area contributed by atoms with E-state index in [2.05, 4.69) is 20.5 Å². The number of nitrogens with zero attached hydrogens (tertiary/aromatic N) is 5. The molecule has 33 heavy (non-hydrogen) atoms. The molecule has 8 nitrogen and oxygen atoms in total. The summed E-state index contributed by atoms with van der Waals surface area (Å²) in [6, 6.07) is 8.48. The summed E-state index contributed by atoms with van der Waals surface area (Å²) in [6.45, 7) is 1.45. The summed E-state index contributed by atoms with van der Waals surface area (Å²) < 4.78 is 30.9. The Morgan fingerprint density at radius 1 is 1.21 bits per heavy atom. The zero-order chi connectivity index (χ0) is 23.6. The van der Waals surface area contributed by atoms with E-state index in [0.717, 1.165) is 6.07 Å². The molecule has 0 fully saturated rings. The van der Waals surface area contributed by atoms with Crippen LogP contribution in [0.15, 0.2) is 67.5 Å². The van der Waals surface area contributed by atoms with Crippen LogP contribution < -0.4 is 5.32 Å². The van der Waals surface area contributed by atoms with Gasteiger partial charge in [0.1, 0.15) is 29.9 Å². The molecule has 0 aliphatic rings. The van der Waals surface area contributed by atoms with Gasteiger partial charge >= 0.3 is 0 Å². The molecule has 2 aromatic heterocycles. The molecule has 4 rings (SSSR count). The number of aromatic nitrogens is 5. The maximum atomic E-state index is 14.7. The van der Waals surface area contributed by atoms with E-state index in [9.17, 15) is 18.7 Å². The summed E-state index contributed by atoms with van der Waals surface area (Å²) >= 11 is 5.85. The molecule has 1 amide bonds. The van der Waals surface area contributed by atoms with Gasteiger partial charge in [0.2, 0.25) is 0 Å². The van der Waals surface area contributed by atoms with Crippen LogP contribution in [0.1, 0.15) is 28.9 Å². The average Bonchev–Trinajstić information content (AvgIpc) is 3.45. The molecule has 2 heterocycles. The molecule has 2 N–H and O–H groups in total. The van der Waals surface area contributed by atoms with Crippen LogP contribution in [0, 0.1) is 11.6 Å². The number of aliphatic hydroxyl groups is 1. The summed E-state index contributed by atoms with van der Waals surface area (Å²) in [6.07, 6.45) is 5.57. The van der Waals surface area contributed by atoms with Crippen molar-refractivity contribution in [3.63, 3.8) is 0 Å². The fourth-order valence-electron chi connectivity index (χ4n) is 3.48. The maximum Gasteiger partial charge on any atom is 0.255 e. The zero-order valence-electron chi connectivity index (χ0n) is 17.4. The van der Waals surface area contributed by atoms with Crippen LogP contribution in [0.5, 0.6) is 0 Å². The first-order chi connectivity index (χ1) is 15.8. The molecule has 0 saturated heterocycles. The van der Waals surface area contributed by atoms with E-state index in [0.29, 0.717) is 22.3 Å². The molecule has 0 aliphatic carbocycles. The van der Waals surface area contributed by atoms with E-state index in [1.807, 2.05) is 0 Å². The van der Waals surface area contributed by atoms with E-state index < -0.39 is 23.3 Å². The third kappa shape index (κ3) is 4.76. The standard InChI is InChI=1S/C22H19ClF2N6O2/c1-14(31-10-18(9-27-31)29-21(32)15-2-4-16(23)5-3-15)22(33,11-30-13-26-12-28-30)19-7-6-17(24)8-20(19)25/h2-10,12-14,33H,11H2,1H3,(H,29,32). The molecule has 170 valence electrons. The number of nitrogens with one attached hydrogen (secondary N) is 1. The molecule has 4 aromatic rings. The normalized spacial score (nSPS) is 14.0. The number of anilines is 1. The number of hydrogen-bond donors (Lipinski definition) is 2. The second kappa shape index (κ2) is 9.08. The molecule has 0 saturated carbocycles. The van der Waals surface area contributed by atoms with Crippen LogP contribution in [0.25, 0.3) is 0 Å². The summed E-state index contributed by atoms with van der Waals surface area (Å²) in [5, 5.41) is 23.1. The zero-order valence-corrected chi connectivity index (χ0v) is 18.1. The largest absolute Gasteiger partial charge is 0.381 e. The Kier molecular flexibility index (Phi) is 6.21. The van der Waals surface area contributed by atoms with Crippen molar-refractivity contribution in [2.75, 3.05) is 5.32 Å². The van der Waals surface area contributed by atoms with Crippen molar-refractivity contribution in [3.8, 4) is 0 Å². The summed E-state index contributed by atoms with van der Waals surface area (Å²) in [4.78, 5) is 16.3. The summed E-state index contributed by atoms with van der Waals surface area (Å²) in [5.41, 5.74) is -1.25. The van der Waals surface area contributed by atoms with Gasteiger partial charge in [0, 0.05) is 28.4 Å². The van der Waals surface area contributed by atoms with E-state index in [1.54, 1.807) is 31.2 Å². The monoisotopic (exact) mass is 472 g/mol. The molecule has 2 unspecified atom stereocenters. The summed E-state index contributed by atoms with van der Waals surface area (Å²) in [7, 11) is 0. The Labute approximate surface area is 192 Å². The number of carbonyl (C=O) groups is 1. The fraction of sp³-hybridized carbons (Fsp3) is 0.182. The number of amides is 1. The highest BCUT2D eigenvalue weighted by molar-refractivity contribution is 6.30. The lowest BCUT2D eigenvalue weighted by Gasteiger charge is -2.34. The van der Waals surface area contributed by atoms with Gasteiger partial charge in [-0.05, 0) is 37.3 Å². The molecule has 0 aliphatic heterocycles. The van der Waals surface area contributed by atoms with Gasteiger partial charge in [0.05, 0.1) is 24.5 Å². The highest BCUT2D eigenvalue weighted by atomic mass is 35.5. The first-order valence-electron chi connectivity index (χ1n) is 9.87. The Hall–Kier alpha value is -3.63. The van der Waals surface area contributed by atoms with Crippen molar-refractivity contribution in [2.24, 2.45) is 0 Å². The topological polar surface area (TPSA) is 97.9 Å². The molecular formula is C22H19ClF2N6O2. The lowest BCUT2D eigenvalue weighted by molar-refractivity contribution is -0.0368. The van der Waals surface area contributed by atoms with Crippen molar-refractivity contribution in [2.45, 2.75) is 25.1 Å². The lowest BCUT2D eigenvalue weighted by Crippen LogP contribution is -2.40. The van der Waals surface area contributed by atoms with Gasteiger partial charge in [0.25, 0.3) is 5.91 Å². The molecule has 0 bridgehead atoms. The second-order valence-corrected chi connectivity index (χ2v) is 7.92. The highest BCUT2D eigenvalue weighted by Gasteiger charge is 2.40. The Balaban J connectivity index is 1.62. The number of rotatable bonds is 7. The average molecular weight is 473 g/mol. The minimum absolute atomic E-state index is 0.130. The summed E-state index contributed by atoms with van der Waals surface area (Å²) in [5.74, 6) is -2.05. The van der Waals surface area contributed by atoms with E-state index in [4.69, 9.17) is 11.6 Å². The van der Waals surface area contributed by atoms with Crippen LogP contribution >= 0.6 is 11.6 Å². The Morgan fingerprint density at radius 2 is 1.97 bits per heavy atom. The van der Waals surface area contributed by atoms with Crippen molar-refractivity contribution < 1.29 is 18.7 Å². The third-order valence-electron chi connectivity index (χ3n) is 5.32. The van der Waals surface area contributed by atoms with Gasteiger partial charge in [-0.25, -0.2) is 18.4 Å². The maximum absolute atomic E-state index is 14.7. The van der Waals surface area contributed by atoms with E-state index >= 15 is 0 Å². The SMILES string of the molecule is CC(n1cc(NC(=O)c2ccc(Cl)cc2)cn1)C(O)(Cn1cncn1)c1ccc(F)cc1F. The highest BCUT2D eigenvalue weighted by Crippen LogP contribution is 2.36. The van der Waals surface area contributed by atoms with Crippen molar-refractivity contribution >= 4 is 23.2 Å². The van der Waals surface area contributed by atoms with Crippen LogP contribution in [-0.4, -0.2) is 35.6 Å². The third-order valence-corrected chi connectivity index (χ3v) is 5.57. The molecule has 11 heteroatoms. The predicted molar refractivity (Wildman–Crippen MR) is 117 cm³/mol. The number of benzene rings is 2. The van der Waals surface area contributed by atoms with Gasteiger partial charge in [0.15, 0.2) is 0 Å². The smallest absolute Gasteiger partial charge is 0.255 e. The number of carbonyl (C=O) groups excluding carboxylic acids is 1. The van der Waals surface area contributed by atoms with Gasteiger partial charge in [-0.1, -0.05) is 17.7 Å². The quantitative estimate of drug-likeness (QED) is 0.426. The Bertz CT molecular complexity index is 1260. The van der Waals surface area contributed by atoms with Gasteiger partial charge in [-0.3, -0.25) is 9.48 Å². The Morgan fingerprint density at radius 3 is 2.64 bits per heavy atom. The molecule has 2 aromatic carbocycles. The van der Waals surface area contributed by atoms with Crippen molar-refractivity contribution in [3.05, 3.63) is 95.3 Å². The lowest BCUT2D eigenvalue weighted by atomic mass is 9.86. The van der Waals surface area contributed by atoms with E-state index in [1.165, 1.54) is 40.5 Å². The van der Waals surface area contributed by atoms with Crippen LogP contribution in [0.2, 0.25) is 5.02 Å². The molecular weight excluding hydrogens is 454 g/mol. The minimum atomic E-state index is -1.88. The van der Waals surface area contributed by atoms with Crippen molar-refractivity contribution in [1.29, 1.82) is 0 Å². The van der Waals surface area contributed by atoms with Gasteiger partial charge in [-0.2, -0.15) is 10.2 Å². The van der Waals surface area contributed by atoms with E-state index in [-0.39, 0.29) is 18.0 Å². The molecule has 2 atom stereocenters. The molecule has 0 spiro atoms. The predicted octanol–water partition coefficient (Wildman–Crippen LogP) is 3.81. The molecule has 0 radical (unpaired) electrons. The van der Waals surface area contributed by atoms with Gasteiger partial charge < -0.3 is 10.4 Å². The number of hydrogen-bond acceptors (Lipinski definition) is 5. The van der Waals surface area contributed by atoms with Gasteiger partial charge in [-0.15, -0.1) is 0 Å². The van der Waals surface area contributed by atoms with Crippen molar-refractivity contribution in [1.82, 2.24) is 24.5 Å². The fourth-order valence-corrected chi connectivity index (χ4v) is 3.61. The second-order valence-electron chi connectivity index (χ2n) is 7.49. The van der Waals surface area contributed by atoms with Crippen LogP contribution in [-0.2, 0) is 12.1 Å². The minimum Gasteiger partial charge on any atom is -0.381 e. The first kappa shape index (κ1) is 22.6. The number of halogens is 3.